The summed E-state index contributed by atoms with van der Waals surface area (Å²) in [5, 5.41) is 8.28. The fraction of sp³-hybridized carbons (Fsp3) is 0.386. The number of benzene rings is 4. The van der Waals surface area contributed by atoms with Gasteiger partial charge >= 0.3 is 0 Å². The monoisotopic (exact) mass is 988 g/mol. The van der Waals surface area contributed by atoms with E-state index in [0.29, 0.717) is 53.4 Å². The number of rotatable bonds is 18. The van der Waals surface area contributed by atoms with Gasteiger partial charge in [0.05, 0.1) is 23.4 Å². The molecule has 0 radical (unpaired) electrons. The predicted octanol–water partition coefficient (Wildman–Crippen LogP) is 7.08. The Morgan fingerprint density at radius 2 is 1.41 bits per heavy atom. The fourth-order valence-electron chi connectivity index (χ4n) is 9.73. The number of carbonyl (C=O) groups excluding carboxylic acids is 7. The molecule has 2 saturated heterocycles. The summed E-state index contributed by atoms with van der Waals surface area (Å²) in [5.74, 6) is -2.57. The summed E-state index contributed by atoms with van der Waals surface area (Å²) >= 11 is 0. The lowest BCUT2D eigenvalue weighted by Crippen LogP contribution is -2.54. The zero-order valence-electron chi connectivity index (χ0n) is 42.3. The Morgan fingerprint density at radius 3 is 2.11 bits per heavy atom. The number of nitrogens with zero attached hydrogens (tertiary/aromatic N) is 5. The quantitative estimate of drug-likeness (QED) is 0.0599. The second-order valence-electron chi connectivity index (χ2n) is 20.3. The van der Waals surface area contributed by atoms with Crippen molar-refractivity contribution in [2.45, 2.75) is 96.9 Å². The third kappa shape index (κ3) is 12.0. The van der Waals surface area contributed by atoms with Crippen molar-refractivity contribution in [3.63, 3.8) is 0 Å². The van der Waals surface area contributed by atoms with Crippen LogP contribution in [0.1, 0.15) is 136 Å². The second kappa shape index (κ2) is 22.4. The molecule has 0 spiro atoms. The lowest BCUT2D eigenvalue weighted by atomic mass is 9.86. The van der Waals surface area contributed by atoms with E-state index in [1.807, 2.05) is 78.6 Å². The number of ketones is 1. The summed E-state index contributed by atoms with van der Waals surface area (Å²) in [6.45, 7) is 12.1. The zero-order valence-corrected chi connectivity index (χ0v) is 42.3. The Labute approximate surface area is 425 Å². The van der Waals surface area contributed by atoms with E-state index < -0.39 is 29.7 Å². The molecular weight excluding hydrogens is 925 g/mol. The van der Waals surface area contributed by atoms with E-state index in [1.54, 1.807) is 25.4 Å². The average molecular weight is 989 g/mol. The molecule has 16 heteroatoms. The Kier molecular flexibility index (Phi) is 15.9. The number of Topliss-reactive ketones (excluding diaryl/α,β-unsaturated/α-hetero) is 1. The smallest absolute Gasteiger partial charge is 0.272 e. The van der Waals surface area contributed by atoms with Crippen molar-refractivity contribution in [3.05, 3.63) is 146 Å². The van der Waals surface area contributed by atoms with Crippen molar-refractivity contribution in [1.82, 2.24) is 29.6 Å². The van der Waals surface area contributed by atoms with Crippen LogP contribution in [0.2, 0.25) is 0 Å². The molecule has 3 aliphatic rings. The van der Waals surface area contributed by atoms with Gasteiger partial charge in [-0.15, -0.1) is 0 Å². The van der Waals surface area contributed by atoms with E-state index in [2.05, 4.69) is 41.6 Å². The van der Waals surface area contributed by atoms with Crippen LogP contribution in [0, 0.1) is 6.92 Å². The van der Waals surface area contributed by atoms with Crippen LogP contribution in [-0.4, -0.2) is 111 Å². The molecule has 3 N–H and O–H groups in total. The number of amides is 6. The molecule has 1 unspecified atom stereocenters. The van der Waals surface area contributed by atoms with Crippen molar-refractivity contribution in [3.8, 4) is 11.3 Å². The second-order valence-corrected chi connectivity index (χ2v) is 20.3. The van der Waals surface area contributed by atoms with E-state index in [-0.39, 0.29) is 65.5 Å². The van der Waals surface area contributed by atoms with Crippen LogP contribution in [0.4, 0.5) is 11.4 Å². The number of fused-ring (bicyclic) bond motifs is 1. The van der Waals surface area contributed by atoms with Crippen LogP contribution in [0.25, 0.3) is 11.3 Å². The summed E-state index contributed by atoms with van der Waals surface area (Å²) in [6, 6.07) is 24.4. The third-order valence-electron chi connectivity index (χ3n) is 14.1. The summed E-state index contributed by atoms with van der Waals surface area (Å²) in [4.78, 5) is 113. The minimum atomic E-state index is -1.06. The van der Waals surface area contributed by atoms with Gasteiger partial charge in [0.2, 0.25) is 11.8 Å². The van der Waals surface area contributed by atoms with Gasteiger partial charge in [0.15, 0.2) is 5.78 Å². The number of aryl methyl sites for hydroxylation is 1. The molecule has 6 amide bonds. The van der Waals surface area contributed by atoms with Crippen LogP contribution >= 0.6 is 0 Å². The summed E-state index contributed by atoms with van der Waals surface area (Å²) in [7, 11) is 1.70. The molecule has 1 atom stereocenters. The zero-order chi connectivity index (χ0) is 52.0. The number of aromatic nitrogens is 2. The lowest BCUT2D eigenvalue weighted by molar-refractivity contribution is -0.136. The van der Waals surface area contributed by atoms with Gasteiger partial charge in [-0.25, -0.2) is 4.98 Å². The Hall–Kier alpha value is -7.59. The van der Waals surface area contributed by atoms with Gasteiger partial charge in [0.1, 0.15) is 11.7 Å². The Bertz CT molecular complexity index is 3000. The molecular formula is C57H64N8O8. The number of imide groups is 2. The molecule has 2 fully saturated rings. The first-order chi connectivity index (χ1) is 35.0. The van der Waals surface area contributed by atoms with E-state index in [0.717, 1.165) is 78.9 Å². The van der Waals surface area contributed by atoms with Gasteiger partial charge < -0.3 is 20.1 Å². The number of hydrogen-bond acceptors (Lipinski definition) is 11. The van der Waals surface area contributed by atoms with Crippen molar-refractivity contribution < 1.29 is 33.6 Å². The van der Waals surface area contributed by atoms with Gasteiger partial charge in [-0.3, -0.25) is 53.5 Å². The minimum absolute atomic E-state index is 0.00238. The van der Waals surface area contributed by atoms with Gasteiger partial charge in [-0.1, -0.05) is 82.5 Å². The van der Waals surface area contributed by atoms with E-state index >= 15 is 0 Å². The molecule has 5 aromatic rings. The predicted molar refractivity (Wildman–Crippen MR) is 279 cm³/mol. The molecule has 73 heavy (non-hydrogen) atoms. The van der Waals surface area contributed by atoms with E-state index in [9.17, 15) is 38.4 Å². The van der Waals surface area contributed by atoms with Crippen molar-refractivity contribution in [1.29, 1.82) is 0 Å². The van der Waals surface area contributed by atoms with Crippen molar-refractivity contribution in [2.24, 2.45) is 7.05 Å². The van der Waals surface area contributed by atoms with Gasteiger partial charge in [0.25, 0.3) is 29.2 Å². The molecule has 8 rings (SSSR count). The van der Waals surface area contributed by atoms with Crippen molar-refractivity contribution >= 4 is 52.6 Å². The Morgan fingerprint density at radius 1 is 0.753 bits per heavy atom. The molecule has 0 saturated carbocycles. The number of nitrogens with one attached hydrogen (secondary N) is 3. The highest BCUT2D eigenvalue weighted by molar-refractivity contribution is 6.25. The third-order valence-corrected chi connectivity index (χ3v) is 14.1. The summed E-state index contributed by atoms with van der Waals surface area (Å²) < 4.78 is 1.53. The molecule has 3 aliphatic heterocycles. The number of unbranched alkanes of at least 4 members (excludes halogenated alkanes) is 4. The molecule has 4 aromatic carbocycles. The maximum atomic E-state index is 13.5. The molecule has 4 heterocycles. The van der Waals surface area contributed by atoms with Crippen LogP contribution in [0.15, 0.2) is 95.9 Å². The van der Waals surface area contributed by atoms with Crippen LogP contribution in [-0.2, 0) is 33.3 Å². The first-order valence-electron chi connectivity index (χ1n) is 25.3. The van der Waals surface area contributed by atoms with Crippen molar-refractivity contribution in [2.75, 3.05) is 49.9 Å². The molecule has 16 nitrogen and oxygen atoms in total. The van der Waals surface area contributed by atoms with E-state index in [4.69, 9.17) is 4.98 Å². The van der Waals surface area contributed by atoms with E-state index in [1.165, 1.54) is 10.6 Å². The maximum Gasteiger partial charge on any atom is 0.272 e. The van der Waals surface area contributed by atoms with Crippen LogP contribution in [0.3, 0.4) is 0 Å². The van der Waals surface area contributed by atoms with Gasteiger partial charge in [-0.2, -0.15) is 0 Å². The van der Waals surface area contributed by atoms with Crippen LogP contribution in [0.5, 0.6) is 0 Å². The van der Waals surface area contributed by atoms with Gasteiger partial charge in [-0.05, 0) is 97.3 Å². The first kappa shape index (κ1) is 51.8. The molecule has 0 bridgehead atoms. The number of anilines is 2. The number of piperidine rings is 1. The topological polar surface area (TPSA) is 200 Å². The Balaban J connectivity index is 0.739. The summed E-state index contributed by atoms with van der Waals surface area (Å²) in [5.41, 5.74) is 6.85. The number of carbonyl (C=O) groups is 7. The lowest BCUT2D eigenvalue weighted by Gasteiger charge is -2.34. The maximum absolute atomic E-state index is 13.5. The number of piperazine rings is 1. The SMILES string of the molecule is Cc1c(NC(=O)c2ccc(C(C)(C)C)cc2)cccc1-c1cn(C)c(=O)c(Cc2ccc(C(=O)N3CCN(CCCCCCCC(=O)CNc4cccc5c4C(=O)N(C4CCC(=O)NC4=O)C5=O)CC3)cc2)n1. The normalized spacial score (nSPS) is 16.1. The fourth-order valence-corrected chi connectivity index (χ4v) is 9.73. The highest BCUT2D eigenvalue weighted by Crippen LogP contribution is 2.33. The van der Waals surface area contributed by atoms with Crippen LogP contribution < -0.4 is 21.5 Å². The molecule has 380 valence electrons. The standard InChI is InChI=1S/C57H64N8O8/c1-36-42(14-11-16-44(36)60-51(68)38-22-24-40(25-23-38)57(2,3)4)47-35-62(5)55(72)46(59-47)33-37-18-20-39(21-19-37)53(70)64-31-29-63(30-32-64)28-10-8-6-7-9-13-41(66)34-58-45-17-12-15-43-50(45)56(73)65(54(43)71)48-26-27-49(67)61-52(48)69/h11-12,14-25,35,48,58H,6-10,13,26-34H2,1-5H3,(H,60,68)(H,61,67,69). The first-order valence-corrected chi connectivity index (χ1v) is 25.3. The molecule has 0 aliphatic carbocycles. The van der Waals surface area contributed by atoms with Gasteiger partial charge in [0, 0.05) is 86.8 Å². The summed E-state index contributed by atoms with van der Waals surface area (Å²) in [6.07, 6.45) is 7.17. The number of hydrogen-bond donors (Lipinski definition) is 3. The highest BCUT2D eigenvalue weighted by Gasteiger charge is 2.45. The largest absolute Gasteiger partial charge is 0.377 e. The highest BCUT2D eigenvalue weighted by atomic mass is 16.2. The minimum Gasteiger partial charge on any atom is -0.377 e. The molecule has 1 aromatic heterocycles. The average Bonchev–Trinajstić information content (AvgIpc) is 3.63.